The number of rotatable bonds is 8. The summed E-state index contributed by atoms with van der Waals surface area (Å²) in [5, 5.41) is 0. The van der Waals surface area contributed by atoms with E-state index in [9.17, 15) is 0 Å². The third-order valence-electron chi connectivity index (χ3n) is 7.25. The van der Waals surface area contributed by atoms with Crippen molar-refractivity contribution in [2.75, 3.05) is 13.1 Å². The van der Waals surface area contributed by atoms with Gasteiger partial charge in [-0.25, -0.2) is 0 Å². The number of hydrogen-bond donors (Lipinski definition) is 0. The van der Waals surface area contributed by atoms with Crippen molar-refractivity contribution in [3.8, 4) is 11.5 Å². The van der Waals surface area contributed by atoms with E-state index in [0.29, 0.717) is 13.2 Å². The first-order valence-corrected chi connectivity index (χ1v) is 13.7. The van der Waals surface area contributed by atoms with Crippen molar-refractivity contribution in [1.82, 2.24) is 0 Å². The van der Waals surface area contributed by atoms with Crippen LogP contribution in [0.4, 0.5) is 0 Å². The maximum Gasteiger partial charge on any atom is 0.122 e. The third-order valence-corrected chi connectivity index (χ3v) is 7.25. The fourth-order valence-corrected chi connectivity index (χ4v) is 5.28. The number of hydrogen-bond acceptors (Lipinski definition) is 4. The molecule has 0 aromatic heterocycles. The molecule has 5 rings (SSSR count). The number of aryl methyl sites for hydroxylation is 3. The lowest BCUT2D eigenvalue weighted by Crippen LogP contribution is -2.08. The third kappa shape index (κ3) is 6.49. The Morgan fingerprint density at radius 2 is 1.08 bits per heavy atom. The molecular formula is C33H38N2O2. The highest BCUT2D eigenvalue weighted by molar-refractivity contribution is 6.01. The SMILES string of the molecule is Cc1cc(COc2ccc(C3=NCCCC3)cc2C)cc(COc2ccc(C3=NCCCC3)cc2C)c1. The van der Waals surface area contributed by atoms with E-state index >= 15 is 0 Å². The van der Waals surface area contributed by atoms with Gasteiger partial charge in [-0.3, -0.25) is 9.98 Å². The van der Waals surface area contributed by atoms with Gasteiger partial charge in [-0.2, -0.15) is 0 Å². The van der Waals surface area contributed by atoms with Crippen LogP contribution in [0.5, 0.6) is 11.5 Å². The lowest BCUT2D eigenvalue weighted by Gasteiger charge is -2.16. The molecule has 0 N–H and O–H groups in total. The van der Waals surface area contributed by atoms with Crippen LogP contribution in [0.3, 0.4) is 0 Å². The zero-order chi connectivity index (χ0) is 25.6. The summed E-state index contributed by atoms with van der Waals surface area (Å²) in [6.07, 6.45) is 7.02. The largest absolute Gasteiger partial charge is 0.489 e. The highest BCUT2D eigenvalue weighted by atomic mass is 16.5. The monoisotopic (exact) mass is 494 g/mol. The molecule has 4 heteroatoms. The van der Waals surface area contributed by atoms with Gasteiger partial charge in [0.1, 0.15) is 24.7 Å². The molecule has 0 aliphatic carbocycles. The second kappa shape index (κ2) is 11.8. The second-order valence-electron chi connectivity index (χ2n) is 10.4. The standard InChI is InChI=1S/C33H38N2O2/c1-23-16-26(21-36-32-12-10-28(18-24(32)2)30-8-4-6-14-34-30)20-27(17-23)22-37-33-13-11-29(19-25(33)3)31-9-5-7-15-35-31/h10-13,16-20H,4-9,14-15,21-22H2,1-3H3. The van der Waals surface area contributed by atoms with Crippen LogP contribution in [-0.2, 0) is 13.2 Å². The van der Waals surface area contributed by atoms with Crippen molar-refractivity contribution in [2.45, 2.75) is 72.5 Å². The van der Waals surface area contributed by atoms with Crippen molar-refractivity contribution in [3.63, 3.8) is 0 Å². The minimum absolute atomic E-state index is 0.533. The van der Waals surface area contributed by atoms with E-state index in [2.05, 4.69) is 75.4 Å². The van der Waals surface area contributed by atoms with Gasteiger partial charge >= 0.3 is 0 Å². The summed E-state index contributed by atoms with van der Waals surface area (Å²) < 4.78 is 12.5. The quantitative estimate of drug-likeness (QED) is 0.322. The summed E-state index contributed by atoms with van der Waals surface area (Å²) in [7, 11) is 0. The molecule has 0 bridgehead atoms. The molecule has 37 heavy (non-hydrogen) atoms. The van der Waals surface area contributed by atoms with Crippen molar-refractivity contribution in [3.05, 3.63) is 93.5 Å². The first-order chi connectivity index (χ1) is 18.0. The van der Waals surface area contributed by atoms with Gasteiger partial charge in [-0.1, -0.05) is 17.7 Å². The summed E-state index contributed by atoms with van der Waals surface area (Å²) in [5.74, 6) is 1.86. The van der Waals surface area contributed by atoms with Gasteiger partial charge in [0, 0.05) is 24.5 Å². The maximum atomic E-state index is 6.24. The first kappa shape index (κ1) is 25.3. The summed E-state index contributed by atoms with van der Waals surface area (Å²) in [6.45, 7) is 9.33. The van der Waals surface area contributed by atoms with Gasteiger partial charge in [0.2, 0.25) is 0 Å². The smallest absolute Gasteiger partial charge is 0.122 e. The number of nitrogens with zero attached hydrogens (tertiary/aromatic N) is 2. The van der Waals surface area contributed by atoms with Gasteiger partial charge in [-0.05, 0) is 135 Å². The van der Waals surface area contributed by atoms with Crippen LogP contribution < -0.4 is 9.47 Å². The zero-order valence-electron chi connectivity index (χ0n) is 22.5. The Kier molecular flexibility index (Phi) is 8.03. The van der Waals surface area contributed by atoms with Crippen molar-refractivity contribution in [1.29, 1.82) is 0 Å². The Balaban J connectivity index is 1.21. The fourth-order valence-electron chi connectivity index (χ4n) is 5.28. The lowest BCUT2D eigenvalue weighted by molar-refractivity contribution is 0.297. The van der Waals surface area contributed by atoms with E-state index in [1.165, 1.54) is 53.8 Å². The van der Waals surface area contributed by atoms with Crippen LogP contribution in [0, 0.1) is 20.8 Å². The fraction of sp³-hybridized carbons (Fsp3) is 0.394. The minimum Gasteiger partial charge on any atom is -0.489 e. The van der Waals surface area contributed by atoms with Gasteiger partial charge in [0.05, 0.1) is 0 Å². The van der Waals surface area contributed by atoms with E-state index in [4.69, 9.17) is 19.5 Å². The molecule has 0 saturated carbocycles. The predicted octanol–water partition coefficient (Wildman–Crippen LogP) is 7.72. The van der Waals surface area contributed by atoms with E-state index in [1.54, 1.807) is 0 Å². The molecule has 3 aromatic carbocycles. The summed E-state index contributed by atoms with van der Waals surface area (Å²) in [5.41, 5.74) is 10.8. The molecule has 0 fully saturated rings. The van der Waals surface area contributed by atoms with E-state index < -0.39 is 0 Å². The van der Waals surface area contributed by atoms with Crippen molar-refractivity contribution < 1.29 is 9.47 Å². The number of benzene rings is 3. The first-order valence-electron chi connectivity index (χ1n) is 13.7. The minimum atomic E-state index is 0.533. The molecule has 0 saturated heterocycles. The molecule has 3 aromatic rings. The molecule has 0 spiro atoms. The van der Waals surface area contributed by atoms with Crippen LogP contribution >= 0.6 is 0 Å². The molecular weight excluding hydrogens is 456 g/mol. The van der Waals surface area contributed by atoms with Gasteiger partial charge in [0.15, 0.2) is 0 Å². The summed E-state index contributed by atoms with van der Waals surface area (Å²) in [6, 6.07) is 19.5. The van der Waals surface area contributed by atoms with E-state index in [-0.39, 0.29) is 0 Å². The Morgan fingerprint density at radius 1 is 0.595 bits per heavy atom. The van der Waals surface area contributed by atoms with Crippen LogP contribution in [0.25, 0.3) is 0 Å². The normalized spacial score (nSPS) is 15.6. The zero-order valence-corrected chi connectivity index (χ0v) is 22.5. The van der Waals surface area contributed by atoms with Crippen molar-refractivity contribution >= 4 is 11.4 Å². The van der Waals surface area contributed by atoms with Crippen molar-refractivity contribution in [2.24, 2.45) is 9.98 Å². The molecule has 0 radical (unpaired) electrons. The van der Waals surface area contributed by atoms with Crippen LogP contribution in [0.2, 0.25) is 0 Å². The van der Waals surface area contributed by atoms with Gasteiger partial charge in [-0.15, -0.1) is 0 Å². The molecule has 4 nitrogen and oxygen atoms in total. The van der Waals surface area contributed by atoms with Crippen LogP contribution in [0.15, 0.2) is 64.6 Å². The lowest BCUT2D eigenvalue weighted by atomic mass is 10.00. The molecule has 0 unspecified atom stereocenters. The average Bonchev–Trinajstić information content (AvgIpc) is 2.92. The Morgan fingerprint density at radius 3 is 1.49 bits per heavy atom. The second-order valence-corrected chi connectivity index (χ2v) is 10.4. The predicted molar refractivity (Wildman–Crippen MR) is 153 cm³/mol. The van der Waals surface area contributed by atoms with Crippen LogP contribution in [-0.4, -0.2) is 24.5 Å². The van der Waals surface area contributed by atoms with E-state index in [0.717, 1.165) is 59.7 Å². The molecule has 192 valence electrons. The molecule has 2 aliphatic heterocycles. The molecule has 2 aliphatic rings. The van der Waals surface area contributed by atoms with E-state index in [1.807, 2.05) is 0 Å². The average molecular weight is 495 g/mol. The molecule has 0 atom stereocenters. The Bertz CT molecular complexity index is 1220. The summed E-state index contributed by atoms with van der Waals surface area (Å²) >= 11 is 0. The van der Waals surface area contributed by atoms with Gasteiger partial charge in [0.25, 0.3) is 0 Å². The summed E-state index contributed by atoms with van der Waals surface area (Å²) in [4.78, 5) is 9.42. The highest BCUT2D eigenvalue weighted by Gasteiger charge is 2.12. The van der Waals surface area contributed by atoms with Gasteiger partial charge < -0.3 is 9.47 Å². The van der Waals surface area contributed by atoms with Crippen LogP contribution in [0.1, 0.15) is 77.5 Å². The Labute approximate surface area is 221 Å². The number of ether oxygens (including phenoxy) is 2. The molecule has 2 heterocycles. The maximum absolute atomic E-state index is 6.24. The topological polar surface area (TPSA) is 43.2 Å². The Hall–Kier alpha value is -3.40. The highest BCUT2D eigenvalue weighted by Crippen LogP contribution is 2.25. The number of aliphatic imine (C=N–C) groups is 2. The molecule has 0 amide bonds.